The number of hydrogen-bond donors (Lipinski definition) is 1. The number of aliphatic hydroxyl groups excluding tert-OH is 1. The van der Waals surface area contributed by atoms with Gasteiger partial charge in [-0.3, -0.25) is 0 Å². The maximum Gasteiger partial charge on any atom is 0.113 e. The summed E-state index contributed by atoms with van der Waals surface area (Å²) in [5, 5.41) is 11.6. The van der Waals surface area contributed by atoms with E-state index >= 15 is 0 Å². The normalized spacial score (nSPS) is 12.8. The number of rotatable bonds is 2. The van der Waals surface area contributed by atoms with Gasteiger partial charge in [-0.15, -0.1) is 11.3 Å². The highest BCUT2D eigenvalue weighted by Crippen LogP contribution is 2.33. The van der Waals surface area contributed by atoms with E-state index in [0.717, 1.165) is 10.4 Å². The van der Waals surface area contributed by atoms with E-state index < -0.39 is 6.10 Å². The number of benzene rings is 2. The molecule has 1 heterocycles. The Morgan fingerprint density at radius 2 is 1.78 bits per heavy atom. The largest absolute Gasteiger partial charge is 0.383 e. The average molecular weight is 254 g/mol. The van der Waals surface area contributed by atoms with Crippen LogP contribution in [-0.4, -0.2) is 5.11 Å². The van der Waals surface area contributed by atoms with Crippen LogP contribution < -0.4 is 0 Å². The first kappa shape index (κ1) is 11.5. The van der Waals surface area contributed by atoms with Crippen molar-refractivity contribution in [1.29, 1.82) is 0 Å². The number of thiophene rings is 1. The molecule has 90 valence electrons. The number of fused-ring (bicyclic) bond motifs is 1. The highest BCUT2D eigenvalue weighted by molar-refractivity contribution is 7.19. The summed E-state index contributed by atoms with van der Waals surface area (Å²) in [4.78, 5) is 1.00. The van der Waals surface area contributed by atoms with Crippen LogP contribution in [0.25, 0.3) is 10.1 Å². The van der Waals surface area contributed by atoms with E-state index in [1.54, 1.807) is 11.3 Å². The van der Waals surface area contributed by atoms with E-state index in [9.17, 15) is 5.11 Å². The van der Waals surface area contributed by atoms with Crippen molar-refractivity contribution in [3.63, 3.8) is 0 Å². The molecule has 1 aromatic heterocycles. The zero-order valence-corrected chi connectivity index (χ0v) is 10.9. The quantitative estimate of drug-likeness (QED) is 0.723. The van der Waals surface area contributed by atoms with Gasteiger partial charge < -0.3 is 5.11 Å². The van der Waals surface area contributed by atoms with Crippen molar-refractivity contribution in [2.24, 2.45) is 0 Å². The van der Waals surface area contributed by atoms with E-state index in [2.05, 4.69) is 31.2 Å². The summed E-state index contributed by atoms with van der Waals surface area (Å²) in [7, 11) is 0. The molecule has 1 atom stereocenters. The lowest BCUT2D eigenvalue weighted by Gasteiger charge is -2.07. The summed E-state index contributed by atoms with van der Waals surface area (Å²) in [6, 6.07) is 18.3. The monoisotopic (exact) mass is 254 g/mol. The van der Waals surface area contributed by atoms with Gasteiger partial charge in [0, 0.05) is 9.58 Å². The fourth-order valence-electron chi connectivity index (χ4n) is 2.09. The van der Waals surface area contributed by atoms with Crippen LogP contribution in [-0.2, 0) is 0 Å². The molecule has 1 N–H and O–H groups in total. The lowest BCUT2D eigenvalue weighted by molar-refractivity contribution is 0.224. The minimum atomic E-state index is -0.524. The second-order valence-corrected chi connectivity index (χ2v) is 5.62. The predicted molar refractivity (Wildman–Crippen MR) is 77.1 cm³/mol. The third-order valence-corrected chi connectivity index (χ3v) is 4.23. The molecule has 1 unspecified atom stereocenters. The Hall–Kier alpha value is -1.64. The van der Waals surface area contributed by atoms with Gasteiger partial charge in [0.25, 0.3) is 0 Å². The maximum atomic E-state index is 10.4. The molecule has 0 saturated heterocycles. The van der Waals surface area contributed by atoms with Crippen molar-refractivity contribution in [1.82, 2.24) is 0 Å². The summed E-state index contributed by atoms with van der Waals surface area (Å²) in [5.41, 5.74) is 2.20. The van der Waals surface area contributed by atoms with Crippen molar-refractivity contribution in [2.75, 3.05) is 0 Å². The Morgan fingerprint density at radius 1 is 1.00 bits per heavy atom. The first-order valence-electron chi connectivity index (χ1n) is 5.97. The Morgan fingerprint density at radius 3 is 2.56 bits per heavy atom. The van der Waals surface area contributed by atoms with Crippen LogP contribution in [0.1, 0.15) is 22.1 Å². The van der Waals surface area contributed by atoms with Crippen LogP contribution in [0.2, 0.25) is 0 Å². The van der Waals surface area contributed by atoms with Crippen molar-refractivity contribution in [2.45, 2.75) is 13.0 Å². The first-order valence-corrected chi connectivity index (χ1v) is 6.79. The summed E-state index contributed by atoms with van der Waals surface area (Å²) in [5.74, 6) is 0. The Balaban J connectivity index is 2.04. The zero-order valence-electron chi connectivity index (χ0n) is 10.1. The summed E-state index contributed by atoms with van der Waals surface area (Å²) in [6.07, 6.45) is -0.524. The summed E-state index contributed by atoms with van der Waals surface area (Å²) >= 11 is 1.66. The second-order valence-electron chi connectivity index (χ2n) is 4.50. The third kappa shape index (κ3) is 2.05. The molecule has 3 aromatic rings. The average Bonchev–Trinajstić information content (AvgIpc) is 2.81. The van der Waals surface area contributed by atoms with Crippen LogP contribution in [0, 0.1) is 6.92 Å². The van der Waals surface area contributed by atoms with Gasteiger partial charge >= 0.3 is 0 Å². The molecule has 0 aliphatic carbocycles. The van der Waals surface area contributed by atoms with E-state index in [-0.39, 0.29) is 0 Å². The van der Waals surface area contributed by atoms with Gasteiger partial charge in [-0.2, -0.15) is 0 Å². The molecule has 0 aliphatic heterocycles. The smallest absolute Gasteiger partial charge is 0.113 e. The molecule has 0 spiro atoms. The van der Waals surface area contributed by atoms with Gasteiger partial charge in [-0.05, 0) is 35.6 Å². The zero-order chi connectivity index (χ0) is 12.5. The van der Waals surface area contributed by atoms with Crippen LogP contribution in [0.4, 0.5) is 0 Å². The molecular formula is C16H14OS. The predicted octanol–water partition coefficient (Wildman–Crippen LogP) is 4.29. The molecule has 0 fully saturated rings. The minimum absolute atomic E-state index is 0.524. The molecule has 0 saturated carbocycles. The molecule has 2 heteroatoms. The molecule has 1 nitrogen and oxygen atoms in total. The standard InChI is InChI=1S/C16H14OS/c1-11-7-8-13-10-15(18-14(13)9-11)16(17)12-5-3-2-4-6-12/h2-10,16-17H,1H3. The van der Waals surface area contributed by atoms with Crippen LogP contribution in [0.3, 0.4) is 0 Å². The third-order valence-electron chi connectivity index (χ3n) is 3.08. The molecule has 0 radical (unpaired) electrons. The molecule has 18 heavy (non-hydrogen) atoms. The fraction of sp³-hybridized carbons (Fsp3) is 0.125. The molecule has 0 bridgehead atoms. The van der Waals surface area contributed by atoms with E-state index in [1.165, 1.54) is 15.6 Å². The van der Waals surface area contributed by atoms with E-state index in [0.29, 0.717) is 0 Å². The maximum absolute atomic E-state index is 10.4. The van der Waals surface area contributed by atoms with E-state index in [1.807, 2.05) is 30.3 Å². The van der Waals surface area contributed by atoms with Crippen molar-refractivity contribution in [3.8, 4) is 0 Å². The summed E-state index contributed by atoms with van der Waals surface area (Å²) < 4.78 is 1.24. The van der Waals surface area contributed by atoms with Crippen molar-refractivity contribution < 1.29 is 5.11 Å². The SMILES string of the molecule is Cc1ccc2cc(C(O)c3ccccc3)sc2c1. The Bertz CT molecular complexity index is 670. The highest BCUT2D eigenvalue weighted by atomic mass is 32.1. The molecule has 2 aromatic carbocycles. The fourth-order valence-corrected chi connectivity index (χ4v) is 3.27. The van der Waals surface area contributed by atoms with Gasteiger partial charge in [0.1, 0.15) is 6.10 Å². The highest BCUT2D eigenvalue weighted by Gasteiger charge is 2.13. The number of hydrogen-bond acceptors (Lipinski definition) is 2. The molecule has 3 rings (SSSR count). The molecule has 0 aliphatic rings. The molecule has 0 amide bonds. The Kier molecular flexibility index (Phi) is 2.90. The summed E-state index contributed by atoms with van der Waals surface area (Å²) in [6.45, 7) is 2.09. The number of aryl methyl sites for hydroxylation is 1. The molecular weight excluding hydrogens is 240 g/mol. The second kappa shape index (κ2) is 4.56. The van der Waals surface area contributed by atoms with Crippen molar-refractivity contribution in [3.05, 3.63) is 70.6 Å². The minimum Gasteiger partial charge on any atom is -0.383 e. The Labute approximate surface area is 110 Å². The van der Waals surface area contributed by atoms with Crippen LogP contribution in [0.5, 0.6) is 0 Å². The van der Waals surface area contributed by atoms with Gasteiger partial charge in [0.05, 0.1) is 0 Å². The van der Waals surface area contributed by atoms with Crippen molar-refractivity contribution >= 4 is 21.4 Å². The van der Waals surface area contributed by atoms with Gasteiger partial charge in [0.2, 0.25) is 0 Å². The topological polar surface area (TPSA) is 20.2 Å². The van der Waals surface area contributed by atoms with Gasteiger partial charge in [-0.25, -0.2) is 0 Å². The number of aliphatic hydroxyl groups is 1. The van der Waals surface area contributed by atoms with Gasteiger partial charge in [-0.1, -0.05) is 42.5 Å². The van der Waals surface area contributed by atoms with E-state index in [4.69, 9.17) is 0 Å². The van der Waals surface area contributed by atoms with Crippen LogP contribution in [0.15, 0.2) is 54.6 Å². The lowest BCUT2D eigenvalue weighted by atomic mass is 10.1. The van der Waals surface area contributed by atoms with Gasteiger partial charge in [0.15, 0.2) is 0 Å². The lowest BCUT2D eigenvalue weighted by Crippen LogP contribution is -1.95. The first-order chi connectivity index (χ1) is 8.74. The van der Waals surface area contributed by atoms with Crippen LogP contribution >= 0.6 is 11.3 Å².